The van der Waals surface area contributed by atoms with Gasteiger partial charge in [-0.3, -0.25) is 0 Å². The van der Waals surface area contributed by atoms with Crippen LogP contribution in [0.3, 0.4) is 0 Å². The summed E-state index contributed by atoms with van der Waals surface area (Å²) in [5, 5.41) is 11.0. The molecule has 1 aliphatic rings. The molecule has 2 rings (SSSR count). The molecule has 1 unspecified atom stereocenters. The summed E-state index contributed by atoms with van der Waals surface area (Å²) in [6.07, 6.45) is 5.14. The molecule has 1 atom stereocenters. The van der Waals surface area contributed by atoms with E-state index in [9.17, 15) is 5.11 Å². The number of benzene rings is 1. The molecule has 1 nitrogen and oxygen atoms in total. The predicted octanol–water partition coefficient (Wildman–Crippen LogP) is 5.30. The molecule has 0 saturated heterocycles. The van der Waals surface area contributed by atoms with E-state index in [1.54, 1.807) is 42.5 Å². The van der Waals surface area contributed by atoms with Crippen molar-refractivity contribution in [1.29, 1.82) is 0 Å². The molecule has 1 aromatic carbocycles. The SMILES string of the molecule is OC(C1=CCC(Cl)(Cl)C=C1)(c1ccccc1)C(Cl)(Cl)Cl. The van der Waals surface area contributed by atoms with Crippen LogP contribution in [0.25, 0.3) is 0 Å². The van der Waals surface area contributed by atoms with Gasteiger partial charge in [0, 0.05) is 6.42 Å². The van der Waals surface area contributed by atoms with Crippen LogP contribution in [0.15, 0.2) is 54.1 Å². The second kappa shape index (κ2) is 5.72. The van der Waals surface area contributed by atoms with Crippen molar-refractivity contribution >= 4 is 58.0 Å². The van der Waals surface area contributed by atoms with Gasteiger partial charge in [-0.1, -0.05) is 100 Å². The number of allylic oxidation sites excluding steroid dienone is 2. The Bertz CT molecular complexity index is 544. The van der Waals surface area contributed by atoms with Crippen LogP contribution in [-0.2, 0) is 5.60 Å². The first-order chi connectivity index (χ1) is 9.17. The van der Waals surface area contributed by atoms with E-state index in [2.05, 4.69) is 0 Å². The molecule has 0 amide bonds. The number of rotatable bonds is 2. The van der Waals surface area contributed by atoms with Gasteiger partial charge in [-0.25, -0.2) is 0 Å². The molecule has 0 bridgehead atoms. The minimum atomic E-state index is -1.94. The van der Waals surface area contributed by atoms with E-state index in [1.165, 1.54) is 0 Å². The third-order valence-corrected chi connectivity index (χ3v) is 4.50. The minimum Gasteiger partial charge on any atom is -0.376 e. The number of alkyl halides is 5. The third kappa shape index (κ3) is 3.14. The maximum absolute atomic E-state index is 11.0. The van der Waals surface area contributed by atoms with E-state index in [0.29, 0.717) is 17.6 Å². The lowest BCUT2D eigenvalue weighted by molar-refractivity contribution is 0.0835. The van der Waals surface area contributed by atoms with Gasteiger partial charge in [0.2, 0.25) is 3.79 Å². The van der Waals surface area contributed by atoms with Crippen molar-refractivity contribution in [2.75, 3.05) is 0 Å². The zero-order valence-corrected chi connectivity index (χ0v) is 13.9. The Morgan fingerprint density at radius 1 is 1.05 bits per heavy atom. The van der Waals surface area contributed by atoms with Crippen molar-refractivity contribution in [2.45, 2.75) is 20.1 Å². The number of aliphatic hydroxyl groups is 1. The molecule has 108 valence electrons. The van der Waals surface area contributed by atoms with Gasteiger partial charge in [0.25, 0.3) is 0 Å². The van der Waals surface area contributed by atoms with Gasteiger partial charge in [0.1, 0.15) is 4.33 Å². The Morgan fingerprint density at radius 2 is 1.65 bits per heavy atom. The Kier molecular flexibility index (Phi) is 4.71. The largest absolute Gasteiger partial charge is 0.376 e. The molecule has 1 N–H and O–H groups in total. The Hall–Kier alpha value is 0.110. The van der Waals surface area contributed by atoms with Gasteiger partial charge in [-0.05, 0) is 17.2 Å². The summed E-state index contributed by atoms with van der Waals surface area (Å²) in [6, 6.07) is 8.73. The van der Waals surface area contributed by atoms with Crippen LogP contribution in [0, 0.1) is 0 Å². The summed E-state index contributed by atoms with van der Waals surface area (Å²) in [5.74, 6) is 0. The van der Waals surface area contributed by atoms with E-state index >= 15 is 0 Å². The normalized spacial score (nSPS) is 21.2. The van der Waals surface area contributed by atoms with Crippen molar-refractivity contribution in [3.8, 4) is 0 Å². The topological polar surface area (TPSA) is 20.2 Å². The van der Waals surface area contributed by atoms with Gasteiger partial charge >= 0.3 is 0 Å². The molecule has 1 aromatic rings. The van der Waals surface area contributed by atoms with Crippen LogP contribution in [0.5, 0.6) is 0 Å². The van der Waals surface area contributed by atoms with Gasteiger partial charge in [-0.15, -0.1) is 0 Å². The average molecular weight is 373 g/mol. The predicted molar refractivity (Wildman–Crippen MR) is 86.9 cm³/mol. The van der Waals surface area contributed by atoms with E-state index in [-0.39, 0.29) is 0 Å². The monoisotopic (exact) mass is 370 g/mol. The third-order valence-electron chi connectivity index (χ3n) is 3.12. The van der Waals surface area contributed by atoms with Crippen LogP contribution in [0.4, 0.5) is 0 Å². The minimum absolute atomic E-state index is 0.317. The van der Waals surface area contributed by atoms with Crippen LogP contribution < -0.4 is 0 Å². The number of hydrogen-bond acceptors (Lipinski definition) is 1. The highest BCUT2D eigenvalue weighted by Crippen LogP contribution is 2.51. The summed E-state index contributed by atoms with van der Waals surface area (Å²) in [6.45, 7) is 0. The van der Waals surface area contributed by atoms with E-state index in [0.717, 1.165) is 0 Å². The van der Waals surface area contributed by atoms with E-state index < -0.39 is 13.7 Å². The fourth-order valence-corrected chi connectivity index (χ4v) is 2.97. The van der Waals surface area contributed by atoms with Crippen molar-refractivity contribution in [2.24, 2.45) is 0 Å². The molecule has 0 saturated carbocycles. The number of hydrogen-bond donors (Lipinski definition) is 1. The Morgan fingerprint density at radius 3 is 2.10 bits per heavy atom. The van der Waals surface area contributed by atoms with Crippen LogP contribution in [-0.4, -0.2) is 13.2 Å². The van der Waals surface area contributed by atoms with Gasteiger partial charge < -0.3 is 5.11 Å². The average Bonchev–Trinajstić information content (AvgIpc) is 2.37. The highest BCUT2D eigenvalue weighted by molar-refractivity contribution is 6.68. The molecule has 0 aliphatic heterocycles. The smallest absolute Gasteiger partial charge is 0.227 e. The molecule has 0 aromatic heterocycles. The number of halogens is 5. The first-order valence-electron chi connectivity index (χ1n) is 5.79. The summed E-state index contributed by atoms with van der Waals surface area (Å²) in [5.41, 5.74) is -0.854. The first kappa shape index (κ1) is 16.5. The molecule has 6 heteroatoms. The van der Waals surface area contributed by atoms with Crippen molar-refractivity contribution in [3.05, 3.63) is 59.7 Å². The molecule has 1 aliphatic carbocycles. The molecular weight excluding hydrogens is 361 g/mol. The maximum atomic E-state index is 11.0. The van der Waals surface area contributed by atoms with Crippen molar-refractivity contribution in [3.63, 3.8) is 0 Å². The Balaban J connectivity index is 2.51. The highest BCUT2D eigenvalue weighted by Gasteiger charge is 2.51. The second-order valence-corrected chi connectivity index (χ2v) is 8.36. The van der Waals surface area contributed by atoms with Crippen molar-refractivity contribution < 1.29 is 5.11 Å². The summed E-state index contributed by atoms with van der Waals surface area (Å²) >= 11 is 30.1. The summed E-state index contributed by atoms with van der Waals surface area (Å²) < 4.78 is -2.95. The fourth-order valence-electron chi connectivity index (χ4n) is 2.04. The van der Waals surface area contributed by atoms with Crippen LogP contribution >= 0.6 is 58.0 Å². The highest BCUT2D eigenvalue weighted by atomic mass is 35.6. The molecule has 0 radical (unpaired) electrons. The lowest BCUT2D eigenvalue weighted by Crippen LogP contribution is -2.42. The zero-order chi connectivity index (χ0) is 15.0. The molecule has 0 fully saturated rings. The lowest BCUT2D eigenvalue weighted by Gasteiger charge is -2.38. The standard InChI is InChI=1S/C14H11Cl5O/c15-12(16)8-6-11(7-9-12)13(20,14(17,18)19)10-4-2-1-3-5-10/h1-8,20H,9H2. The maximum Gasteiger partial charge on any atom is 0.227 e. The zero-order valence-electron chi connectivity index (χ0n) is 10.2. The Labute approximate surface area is 142 Å². The quantitative estimate of drug-likeness (QED) is 0.698. The first-order valence-corrected chi connectivity index (χ1v) is 7.68. The van der Waals surface area contributed by atoms with Gasteiger partial charge in [0.05, 0.1) is 0 Å². The molecule has 20 heavy (non-hydrogen) atoms. The van der Waals surface area contributed by atoms with Crippen LogP contribution in [0.2, 0.25) is 0 Å². The van der Waals surface area contributed by atoms with E-state index in [4.69, 9.17) is 58.0 Å². The second-order valence-electron chi connectivity index (χ2n) is 4.53. The fraction of sp³-hybridized carbons (Fsp3) is 0.286. The molecule has 0 spiro atoms. The van der Waals surface area contributed by atoms with Crippen molar-refractivity contribution in [1.82, 2.24) is 0 Å². The van der Waals surface area contributed by atoms with Gasteiger partial charge in [0.15, 0.2) is 5.60 Å². The van der Waals surface area contributed by atoms with E-state index in [1.807, 2.05) is 6.07 Å². The van der Waals surface area contributed by atoms with Gasteiger partial charge in [-0.2, -0.15) is 0 Å². The molecular formula is C14H11Cl5O. The summed E-state index contributed by atoms with van der Waals surface area (Å²) in [7, 11) is 0. The molecule has 0 heterocycles. The summed E-state index contributed by atoms with van der Waals surface area (Å²) in [4.78, 5) is 0. The lowest BCUT2D eigenvalue weighted by atomic mass is 9.84. The van der Waals surface area contributed by atoms with Crippen LogP contribution in [0.1, 0.15) is 12.0 Å².